The molecular formula is C22H32N6O7. The van der Waals surface area contributed by atoms with Gasteiger partial charge in [-0.3, -0.25) is 24.0 Å². The molecule has 0 saturated carbocycles. The maximum Gasteiger partial charge on any atom is 0.326 e. The number of hydrogen-bond acceptors (Lipinski definition) is 7. The Morgan fingerprint density at radius 3 is 1.89 bits per heavy atom. The standard InChI is InChI=1S/C22H32N6O7/c1-12(19(31)27-15(22(34)35)8-10-18(25)30)26-21(33)16(11-13-5-3-2-4-6-13)28-20(32)14(23)7-9-17(24)29/h2-6,12,14-16H,7-11,23H2,1H3,(H2,24,29)(H2,25,30)(H,26,33)(H,27,31)(H,28,32)(H,34,35). The first-order chi connectivity index (χ1) is 16.4. The van der Waals surface area contributed by atoms with E-state index in [0.717, 1.165) is 0 Å². The van der Waals surface area contributed by atoms with Crippen LogP contribution in [-0.4, -0.2) is 64.8 Å². The first-order valence-corrected chi connectivity index (χ1v) is 10.9. The van der Waals surface area contributed by atoms with Crippen LogP contribution < -0.4 is 33.2 Å². The number of amides is 5. The summed E-state index contributed by atoms with van der Waals surface area (Å²) >= 11 is 0. The highest BCUT2D eigenvalue weighted by Crippen LogP contribution is 2.06. The first-order valence-electron chi connectivity index (χ1n) is 10.9. The van der Waals surface area contributed by atoms with Gasteiger partial charge in [-0.05, 0) is 25.3 Å². The predicted octanol–water partition coefficient (Wildman–Crippen LogP) is -2.35. The van der Waals surface area contributed by atoms with E-state index in [0.29, 0.717) is 5.56 Å². The van der Waals surface area contributed by atoms with Gasteiger partial charge in [-0.2, -0.15) is 0 Å². The second-order valence-corrected chi connectivity index (χ2v) is 8.00. The van der Waals surface area contributed by atoms with Crippen molar-refractivity contribution in [3.63, 3.8) is 0 Å². The Balaban J connectivity index is 2.88. The Morgan fingerprint density at radius 1 is 0.800 bits per heavy atom. The van der Waals surface area contributed by atoms with Crippen LogP contribution in [0.25, 0.3) is 0 Å². The van der Waals surface area contributed by atoms with Crippen molar-refractivity contribution in [1.29, 1.82) is 0 Å². The summed E-state index contributed by atoms with van der Waals surface area (Å²) in [5.41, 5.74) is 16.6. The van der Waals surface area contributed by atoms with Gasteiger partial charge >= 0.3 is 5.97 Å². The molecule has 0 aliphatic rings. The lowest BCUT2D eigenvalue weighted by Crippen LogP contribution is -2.57. The van der Waals surface area contributed by atoms with Crippen molar-refractivity contribution < 1.29 is 33.9 Å². The number of aliphatic carboxylic acids is 1. The van der Waals surface area contributed by atoms with E-state index >= 15 is 0 Å². The Labute approximate surface area is 202 Å². The molecule has 4 atom stereocenters. The lowest BCUT2D eigenvalue weighted by molar-refractivity contribution is -0.142. The van der Waals surface area contributed by atoms with Gasteiger partial charge in [0.2, 0.25) is 29.5 Å². The van der Waals surface area contributed by atoms with Crippen LogP contribution in [0.1, 0.15) is 38.2 Å². The summed E-state index contributed by atoms with van der Waals surface area (Å²) in [5, 5.41) is 16.4. The number of nitrogens with one attached hydrogen (secondary N) is 3. The molecule has 5 amide bonds. The van der Waals surface area contributed by atoms with E-state index in [-0.39, 0.29) is 32.1 Å². The minimum Gasteiger partial charge on any atom is -0.480 e. The van der Waals surface area contributed by atoms with Crippen molar-refractivity contribution in [3.8, 4) is 0 Å². The predicted molar refractivity (Wildman–Crippen MR) is 124 cm³/mol. The molecule has 1 aromatic rings. The minimum atomic E-state index is -1.38. The highest BCUT2D eigenvalue weighted by molar-refractivity contribution is 5.94. The fourth-order valence-electron chi connectivity index (χ4n) is 2.99. The second kappa shape index (κ2) is 14.3. The molecular weight excluding hydrogens is 460 g/mol. The molecule has 1 aromatic carbocycles. The Morgan fingerprint density at radius 2 is 1.34 bits per heavy atom. The summed E-state index contributed by atoms with van der Waals surface area (Å²) in [6.07, 6.45) is -0.513. The van der Waals surface area contributed by atoms with Crippen LogP contribution in [-0.2, 0) is 35.2 Å². The molecule has 0 radical (unpaired) electrons. The highest BCUT2D eigenvalue weighted by atomic mass is 16.4. The van der Waals surface area contributed by atoms with Gasteiger partial charge in [-0.15, -0.1) is 0 Å². The molecule has 0 spiro atoms. The molecule has 0 aliphatic heterocycles. The Hall–Kier alpha value is -4.00. The lowest BCUT2D eigenvalue weighted by atomic mass is 10.0. The number of primary amides is 2. The number of carbonyl (C=O) groups excluding carboxylic acids is 5. The number of carboxylic acids is 1. The first kappa shape index (κ1) is 29.0. The number of nitrogens with two attached hydrogens (primary N) is 3. The topological polar surface area (TPSA) is 237 Å². The Kier molecular flexibility index (Phi) is 11.9. The molecule has 13 nitrogen and oxygen atoms in total. The molecule has 13 heteroatoms. The van der Waals surface area contributed by atoms with Crippen molar-refractivity contribution in [3.05, 3.63) is 35.9 Å². The van der Waals surface area contributed by atoms with Crippen molar-refractivity contribution in [2.45, 2.75) is 63.2 Å². The third kappa shape index (κ3) is 11.1. The molecule has 0 bridgehead atoms. The summed E-state index contributed by atoms with van der Waals surface area (Å²) in [4.78, 5) is 71.1. The van der Waals surface area contributed by atoms with Gasteiger partial charge in [0.1, 0.15) is 18.1 Å². The zero-order valence-corrected chi connectivity index (χ0v) is 19.4. The van der Waals surface area contributed by atoms with Gasteiger partial charge < -0.3 is 38.3 Å². The number of carboxylic acid groups (broad SMARTS) is 1. The van der Waals surface area contributed by atoms with E-state index in [2.05, 4.69) is 16.0 Å². The monoisotopic (exact) mass is 492 g/mol. The van der Waals surface area contributed by atoms with Gasteiger partial charge in [0.05, 0.1) is 6.04 Å². The molecule has 10 N–H and O–H groups in total. The SMILES string of the molecule is CC(NC(=O)C(Cc1ccccc1)NC(=O)C(N)CCC(N)=O)C(=O)NC(CCC(N)=O)C(=O)O. The van der Waals surface area contributed by atoms with Gasteiger partial charge in [0.25, 0.3) is 0 Å². The molecule has 0 fully saturated rings. The Bertz CT molecular complexity index is 924. The average Bonchev–Trinajstić information content (AvgIpc) is 2.79. The molecule has 4 unspecified atom stereocenters. The van der Waals surface area contributed by atoms with Gasteiger partial charge in [0, 0.05) is 19.3 Å². The minimum absolute atomic E-state index is 0.0124. The van der Waals surface area contributed by atoms with E-state index in [1.807, 2.05) is 0 Å². The number of carbonyl (C=O) groups is 6. The maximum absolute atomic E-state index is 12.9. The van der Waals surface area contributed by atoms with Crippen molar-refractivity contribution >= 4 is 35.5 Å². The number of hydrogen-bond donors (Lipinski definition) is 7. The summed E-state index contributed by atoms with van der Waals surface area (Å²) in [5.74, 6) is -4.91. The van der Waals surface area contributed by atoms with Gasteiger partial charge in [-0.25, -0.2) is 4.79 Å². The molecule has 192 valence electrons. The normalized spacial score (nSPS) is 14.0. The van der Waals surface area contributed by atoms with E-state index in [4.69, 9.17) is 17.2 Å². The van der Waals surface area contributed by atoms with Crippen molar-refractivity contribution in [2.75, 3.05) is 0 Å². The maximum atomic E-state index is 12.9. The molecule has 35 heavy (non-hydrogen) atoms. The van der Waals surface area contributed by atoms with E-state index in [1.165, 1.54) is 6.92 Å². The molecule has 0 aromatic heterocycles. The van der Waals surface area contributed by atoms with Crippen LogP contribution in [0.2, 0.25) is 0 Å². The highest BCUT2D eigenvalue weighted by Gasteiger charge is 2.28. The summed E-state index contributed by atoms with van der Waals surface area (Å²) in [7, 11) is 0. The van der Waals surface area contributed by atoms with Crippen molar-refractivity contribution in [1.82, 2.24) is 16.0 Å². The summed E-state index contributed by atoms with van der Waals surface area (Å²) in [6.45, 7) is 1.33. The van der Waals surface area contributed by atoms with Crippen LogP contribution in [0.3, 0.4) is 0 Å². The summed E-state index contributed by atoms with van der Waals surface area (Å²) < 4.78 is 0. The van der Waals surface area contributed by atoms with E-state index < -0.39 is 59.7 Å². The summed E-state index contributed by atoms with van der Waals surface area (Å²) in [6, 6.07) is 4.00. The second-order valence-electron chi connectivity index (χ2n) is 8.00. The zero-order chi connectivity index (χ0) is 26.5. The van der Waals surface area contributed by atoms with Crippen LogP contribution in [0.5, 0.6) is 0 Å². The number of benzene rings is 1. The van der Waals surface area contributed by atoms with Crippen LogP contribution in [0, 0.1) is 0 Å². The number of rotatable bonds is 15. The van der Waals surface area contributed by atoms with Crippen LogP contribution >= 0.6 is 0 Å². The fourth-order valence-corrected chi connectivity index (χ4v) is 2.99. The van der Waals surface area contributed by atoms with Crippen molar-refractivity contribution in [2.24, 2.45) is 17.2 Å². The molecule has 0 saturated heterocycles. The smallest absolute Gasteiger partial charge is 0.326 e. The van der Waals surface area contributed by atoms with Gasteiger partial charge in [0.15, 0.2) is 0 Å². The van der Waals surface area contributed by atoms with Gasteiger partial charge in [-0.1, -0.05) is 30.3 Å². The molecule has 0 aliphatic carbocycles. The third-order valence-electron chi connectivity index (χ3n) is 5.00. The molecule has 1 rings (SSSR count). The third-order valence-corrected chi connectivity index (χ3v) is 5.00. The zero-order valence-electron chi connectivity index (χ0n) is 19.4. The van der Waals surface area contributed by atoms with E-state index in [9.17, 15) is 33.9 Å². The molecule has 0 heterocycles. The fraction of sp³-hybridized carbons (Fsp3) is 0.455. The lowest BCUT2D eigenvalue weighted by Gasteiger charge is -2.23. The largest absolute Gasteiger partial charge is 0.480 e. The quantitative estimate of drug-likeness (QED) is 0.139. The van der Waals surface area contributed by atoms with Crippen LogP contribution in [0.4, 0.5) is 0 Å². The van der Waals surface area contributed by atoms with E-state index in [1.54, 1.807) is 30.3 Å². The van der Waals surface area contributed by atoms with Crippen LogP contribution in [0.15, 0.2) is 30.3 Å². The average molecular weight is 493 g/mol.